The van der Waals surface area contributed by atoms with Gasteiger partial charge in [0.15, 0.2) is 0 Å². The van der Waals surface area contributed by atoms with Crippen LogP contribution in [0.5, 0.6) is 0 Å². The molecule has 3 N–H and O–H groups in total. The van der Waals surface area contributed by atoms with Crippen LogP contribution >= 0.6 is 11.8 Å². The second kappa shape index (κ2) is 7.54. The molecule has 5 heteroatoms. The van der Waals surface area contributed by atoms with E-state index < -0.39 is 0 Å². The van der Waals surface area contributed by atoms with Gasteiger partial charge in [-0.05, 0) is 48.7 Å². The van der Waals surface area contributed by atoms with Gasteiger partial charge in [0.2, 0.25) is 0 Å². The molecular weight excluding hydrogens is 290 g/mol. The summed E-state index contributed by atoms with van der Waals surface area (Å²) in [6.07, 6.45) is 0.599. The van der Waals surface area contributed by atoms with Crippen molar-refractivity contribution in [3.63, 3.8) is 0 Å². The lowest BCUT2D eigenvalue weighted by molar-refractivity contribution is 0.567. The van der Waals surface area contributed by atoms with Crippen LogP contribution in [0.25, 0.3) is 0 Å². The summed E-state index contributed by atoms with van der Waals surface area (Å²) in [5.41, 5.74) is 4.65. The third kappa shape index (κ3) is 4.52. The van der Waals surface area contributed by atoms with Gasteiger partial charge in [-0.3, -0.25) is 11.3 Å². The number of nitrogens with two attached hydrogens (primary N) is 1. The zero-order valence-corrected chi connectivity index (χ0v) is 12.6. The van der Waals surface area contributed by atoms with Crippen molar-refractivity contribution in [2.45, 2.75) is 24.3 Å². The number of hydrazine groups is 1. The zero-order valence-electron chi connectivity index (χ0n) is 11.8. The number of benzene rings is 2. The van der Waals surface area contributed by atoms with Gasteiger partial charge >= 0.3 is 0 Å². The van der Waals surface area contributed by atoms with Crippen LogP contribution in [0, 0.1) is 18.6 Å². The van der Waals surface area contributed by atoms with Gasteiger partial charge < -0.3 is 0 Å². The standard InChI is InChI=1S/C16H18F2N2S/c1-11-6-7-13(17)8-12(11)9-14(20-19)10-21-16-5-3-2-4-15(16)18/h2-8,14,20H,9-10,19H2,1H3. The van der Waals surface area contributed by atoms with Crippen molar-refractivity contribution in [3.05, 3.63) is 65.2 Å². The molecule has 0 aliphatic carbocycles. The van der Waals surface area contributed by atoms with Crippen LogP contribution in [-0.4, -0.2) is 11.8 Å². The Morgan fingerprint density at radius 2 is 1.95 bits per heavy atom. The van der Waals surface area contributed by atoms with Gasteiger partial charge in [0.05, 0.1) is 0 Å². The van der Waals surface area contributed by atoms with E-state index in [1.54, 1.807) is 24.3 Å². The van der Waals surface area contributed by atoms with Gasteiger partial charge in [0, 0.05) is 16.7 Å². The predicted octanol–water partition coefficient (Wildman–Crippen LogP) is 3.44. The monoisotopic (exact) mass is 308 g/mol. The molecule has 0 bridgehead atoms. The Morgan fingerprint density at radius 1 is 1.19 bits per heavy atom. The van der Waals surface area contributed by atoms with Crippen LogP contribution < -0.4 is 11.3 Å². The number of hydrogen-bond donors (Lipinski definition) is 2. The SMILES string of the molecule is Cc1ccc(F)cc1CC(CSc1ccccc1F)NN. The minimum atomic E-state index is -0.256. The summed E-state index contributed by atoms with van der Waals surface area (Å²) in [7, 11) is 0. The molecule has 0 radical (unpaired) electrons. The van der Waals surface area contributed by atoms with Crippen molar-refractivity contribution in [1.29, 1.82) is 0 Å². The number of aryl methyl sites for hydroxylation is 1. The summed E-state index contributed by atoms with van der Waals surface area (Å²) >= 11 is 1.40. The summed E-state index contributed by atoms with van der Waals surface area (Å²) < 4.78 is 26.9. The second-order valence-electron chi connectivity index (χ2n) is 4.88. The van der Waals surface area contributed by atoms with Gasteiger partial charge in [-0.1, -0.05) is 18.2 Å². The number of hydrogen-bond acceptors (Lipinski definition) is 3. The van der Waals surface area contributed by atoms with E-state index in [4.69, 9.17) is 5.84 Å². The number of halogens is 2. The molecule has 2 rings (SSSR count). The molecule has 0 aliphatic rings. The van der Waals surface area contributed by atoms with E-state index in [0.29, 0.717) is 17.1 Å². The highest BCUT2D eigenvalue weighted by atomic mass is 32.2. The van der Waals surface area contributed by atoms with Crippen LogP contribution in [0.4, 0.5) is 8.78 Å². The first kappa shape index (κ1) is 15.9. The maximum absolute atomic E-state index is 13.6. The lowest BCUT2D eigenvalue weighted by atomic mass is 10.0. The van der Waals surface area contributed by atoms with Crippen LogP contribution in [-0.2, 0) is 6.42 Å². The van der Waals surface area contributed by atoms with Crippen molar-refractivity contribution in [2.75, 3.05) is 5.75 Å². The van der Waals surface area contributed by atoms with E-state index >= 15 is 0 Å². The summed E-state index contributed by atoms with van der Waals surface area (Å²) in [4.78, 5) is 0.591. The zero-order chi connectivity index (χ0) is 15.2. The Balaban J connectivity index is 2.00. The average Bonchev–Trinajstić information content (AvgIpc) is 2.48. The Morgan fingerprint density at radius 3 is 2.67 bits per heavy atom. The van der Waals surface area contributed by atoms with Crippen molar-refractivity contribution < 1.29 is 8.78 Å². The quantitative estimate of drug-likeness (QED) is 0.488. The third-order valence-corrected chi connectivity index (χ3v) is 4.50. The molecule has 0 aliphatic heterocycles. The van der Waals surface area contributed by atoms with E-state index in [1.807, 2.05) is 6.92 Å². The van der Waals surface area contributed by atoms with Gasteiger partial charge in [-0.2, -0.15) is 0 Å². The van der Waals surface area contributed by atoms with Gasteiger partial charge in [-0.25, -0.2) is 8.78 Å². The second-order valence-corrected chi connectivity index (χ2v) is 5.94. The fourth-order valence-electron chi connectivity index (χ4n) is 2.04. The van der Waals surface area contributed by atoms with Crippen LogP contribution in [0.2, 0.25) is 0 Å². The number of thioether (sulfide) groups is 1. The minimum Gasteiger partial charge on any atom is -0.271 e. The van der Waals surface area contributed by atoms with Crippen molar-refractivity contribution in [2.24, 2.45) is 5.84 Å². The molecule has 0 saturated carbocycles. The highest BCUT2D eigenvalue weighted by molar-refractivity contribution is 7.99. The molecule has 21 heavy (non-hydrogen) atoms. The normalized spacial score (nSPS) is 12.4. The summed E-state index contributed by atoms with van der Waals surface area (Å²) in [5.74, 6) is 5.67. The fourth-order valence-corrected chi connectivity index (χ4v) is 3.02. The molecule has 2 aromatic rings. The lowest BCUT2D eigenvalue weighted by Crippen LogP contribution is -2.38. The summed E-state index contributed by atoms with van der Waals surface area (Å²) in [6.45, 7) is 1.94. The first-order valence-corrected chi connectivity index (χ1v) is 7.67. The largest absolute Gasteiger partial charge is 0.271 e. The number of rotatable bonds is 6. The Labute approximate surface area is 127 Å². The molecule has 1 atom stereocenters. The maximum Gasteiger partial charge on any atom is 0.136 e. The molecule has 0 saturated heterocycles. The van der Waals surface area contributed by atoms with E-state index in [1.165, 1.54) is 30.0 Å². The molecule has 0 heterocycles. The average molecular weight is 308 g/mol. The van der Waals surface area contributed by atoms with E-state index in [0.717, 1.165) is 11.1 Å². The molecule has 0 spiro atoms. The molecule has 2 nitrogen and oxygen atoms in total. The van der Waals surface area contributed by atoms with Crippen molar-refractivity contribution in [3.8, 4) is 0 Å². The van der Waals surface area contributed by atoms with Crippen LogP contribution in [0.15, 0.2) is 47.4 Å². The van der Waals surface area contributed by atoms with Gasteiger partial charge in [-0.15, -0.1) is 11.8 Å². The maximum atomic E-state index is 13.6. The molecule has 0 fully saturated rings. The first-order valence-electron chi connectivity index (χ1n) is 6.68. The minimum absolute atomic E-state index is 0.0601. The van der Waals surface area contributed by atoms with Crippen molar-refractivity contribution >= 4 is 11.8 Å². The first-order chi connectivity index (χ1) is 10.1. The highest BCUT2D eigenvalue weighted by Gasteiger charge is 2.12. The fraction of sp³-hybridized carbons (Fsp3) is 0.250. The van der Waals surface area contributed by atoms with Gasteiger partial charge in [0.1, 0.15) is 11.6 Å². The van der Waals surface area contributed by atoms with E-state index in [-0.39, 0.29) is 17.7 Å². The Bertz CT molecular complexity index is 605. The Kier molecular flexibility index (Phi) is 5.73. The predicted molar refractivity (Wildman–Crippen MR) is 83.1 cm³/mol. The summed E-state index contributed by atoms with van der Waals surface area (Å²) in [5, 5.41) is 0. The van der Waals surface area contributed by atoms with Crippen molar-refractivity contribution in [1.82, 2.24) is 5.43 Å². The summed E-state index contributed by atoms with van der Waals surface area (Å²) in [6, 6.07) is 11.3. The van der Waals surface area contributed by atoms with Gasteiger partial charge in [0.25, 0.3) is 0 Å². The third-order valence-electron chi connectivity index (χ3n) is 3.29. The van der Waals surface area contributed by atoms with E-state index in [9.17, 15) is 8.78 Å². The molecule has 0 aromatic heterocycles. The van der Waals surface area contributed by atoms with Crippen LogP contribution in [0.3, 0.4) is 0 Å². The highest BCUT2D eigenvalue weighted by Crippen LogP contribution is 2.23. The molecular formula is C16H18F2N2S. The molecule has 2 aromatic carbocycles. The molecule has 112 valence electrons. The topological polar surface area (TPSA) is 38.0 Å². The van der Waals surface area contributed by atoms with Crippen LogP contribution in [0.1, 0.15) is 11.1 Å². The number of nitrogens with one attached hydrogen (secondary N) is 1. The molecule has 1 unspecified atom stereocenters. The molecule has 0 amide bonds. The smallest absolute Gasteiger partial charge is 0.136 e. The van der Waals surface area contributed by atoms with E-state index in [2.05, 4.69) is 5.43 Å². The Hall–Kier alpha value is -1.43. The lowest BCUT2D eigenvalue weighted by Gasteiger charge is -2.17.